The maximum atomic E-state index is 12.6. The largest absolute Gasteiger partial charge is 0.466 e. The Morgan fingerprint density at radius 1 is 1.58 bits per heavy atom. The number of hydrogen-bond donors (Lipinski definition) is 0. The zero-order chi connectivity index (χ0) is 14.6. The van der Waals surface area contributed by atoms with Crippen LogP contribution in [-0.2, 0) is 16.0 Å². The predicted molar refractivity (Wildman–Crippen MR) is 60.9 cm³/mol. The molecule has 0 atom stereocenters. The van der Waals surface area contributed by atoms with Gasteiger partial charge in [-0.05, 0) is 19.4 Å². The van der Waals surface area contributed by atoms with Crippen molar-refractivity contribution < 1.29 is 23.2 Å². The summed E-state index contributed by atoms with van der Waals surface area (Å²) in [5.74, 6) is -0.591. The summed E-state index contributed by atoms with van der Waals surface area (Å²) in [7, 11) is 0. The van der Waals surface area contributed by atoms with Gasteiger partial charge in [0.2, 0.25) is 0 Å². The van der Waals surface area contributed by atoms with Crippen LogP contribution >= 0.6 is 0 Å². The predicted octanol–water partition coefficient (Wildman–Crippen LogP) is 2.34. The number of carbonyl (C=O) groups excluding carboxylic acids is 1. The van der Waals surface area contributed by atoms with Gasteiger partial charge >= 0.3 is 5.97 Å². The van der Waals surface area contributed by atoms with Gasteiger partial charge in [-0.2, -0.15) is 0 Å². The number of rotatable bonds is 5. The minimum absolute atomic E-state index is 0.147. The number of hydrogen-bond acceptors (Lipinski definition) is 5. The van der Waals surface area contributed by atoms with Crippen LogP contribution in [0.4, 0.5) is 14.5 Å². The lowest BCUT2D eigenvalue weighted by Crippen LogP contribution is -2.11. The van der Waals surface area contributed by atoms with E-state index in [9.17, 15) is 23.7 Å². The van der Waals surface area contributed by atoms with Gasteiger partial charge in [-0.25, -0.2) is 13.8 Å². The fourth-order valence-corrected chi connectivity index (χ4v) is 1.51. The van der Waals surface area contributed by atoms with Crippen molar-refractivity contribution in [1.29, 1.82) is 0 Å². The highest BCUT2D eigenvalue weighted by Gasteiger charge is 2.26. The molecule has 1 aromatic heterocycles. The molecule has 0 fully saturated rings. The minimum atomic E-state index is -3.05. The van der Waals surface area contributed by atoms with Crippen LogP contribution < -0.4 is 0 Å². The molecule has 0 aliphatic carbocycles. The maximum absolute atomic E-state index is 12.6. The van der Waals surface area contributed by atoms with Crippen molar-refractivity contribution in [2.75, 3.05) is 6.61 Å². The van der Waals surface area contributed by atoms with E-state index in [0.29, 0.717) is 0 Å². The molecule has 0 saturated heterocycles. The topological polar surface area (TPSA) is 82.3 Å². The van der Waals surface area contributed by atoms with Crippen LogP contribution in [0.2, 0.25) is 0 Å². The second-order valence-electron chi connectivity index (χ2n) is 3.68. The van der Waals surface area contributed by atoms with E-state index in [0.717, 1.165) is 6.07 Å². The molecule has 6 nitrogen and oxygen atoms in total. The van der Waals surface area contributed by atoms with Crippen LogP contribution in [-0.4, -0.2) is 22.5 Å². The van der Waals surface area contributed by atoms with E-state index in [2.05, 4.69) is 4.98 Å². The number of carbonyl (C=O) groups is 1. The van der Waals surface area contributed by atoms with Gasteiger partial charge < -0.3 is 4.74 Å². The van der Waals surface area contributed by atoms with Gasteiger partial charge in [0, 0.05) is 11.8 Å². The molecule has 1 heterocycles. The van der Waals surface area contributed by atoms with Crippen molar-refractivity contribution in [2.45, 2.75) is 26.7 Å². The van der Waals surface area contributed by atoms with Crippen molar-refractivity contribution in [2.24, 2.45) is 0 Å². The summed E-state index contributed by atoms with van der Waals surface area (Å²) >= 11 is 0. The number of nitro groups is 1. The Labute approximate surface area is 107 Å². The first-order valence-electron chi connectivity index (χ1n) is 5.45. The number of halogens is 2. The molecule has 1 rings (SSSR count). The van der Waals surface area contributed by atoms with E-state index in [4.69, 9.17) is 4.74 Å². The normalized spacial score (nSPS) is 10.6. The third kappa shape index (κ3) is 3.67. The van der Waals surface area contributed by atoms with Crippen LogP contribution in [0.1, 0.15) is 30.3 Å². The standard InChI is InChI=1S/C11H12F2N2O4/c1-3-19-9(16)5-7-4-8(15(17)18)10(11(12)13)14-6(7)2/h4,11H,3,5H2,1-2H3. The molecule has 1 aromatic rings. The number of pyridine rings is 1. The fraction of sp³-hybridized carbons (Fsp3) is 0.455. The van der Waals surface area contributed by atoms with Crippen LogP contribution in [0, 0.1) is 17.0 Å². The van der Waals surface area contributed by atoms with Crippen molar-refractivity contribution in [3.8, 4) is 0 Å². The number of aromatic nitrogens is 1. The van der Waals surface area contributed by atoms with Gasteiger partial charge in [-0.3, -0.25) is 14.9 Å². The van der Waals surface area contributed by atoms with Crippen LogP contribution in [0.5, 0.6) is 0 Å². The van der Waals surface area contributed by atoms with Crippen molar-refractivity contribution >= 4 is 11.7 Å². The Morgan fingerprint density at radius 3 is 2.68 bits per heavy atom. The first-order valence-corrected chi connectivity index (χ1v) is 5.45. The van der Waals surface area contributed by atoms with Gasteiger partial charge in [0.15, 0.2) is 5.69 Å². The van der Waals surface area contributed by atoms with E-state index in [1.54, 1.807) is 6.92 Å². The SMILES string of the molecule is CCOC(=O)Cc1cc([N+](=O)[O-])c(C(F)F)nc1C. The summed E-state index contributed by atoms with van der Waals surface area (Å²) in [5.41, 5.74) is -1.33. The third-order valence-corrected chi connectivity index (χ3v) is 2.37. The Bertz CT molecular complexity index is 506. The summed E-state index contributed by atoms with van der Waals surface area (Å²) in [6, 6.07) is 0.945. The number of aryl methyl sites for hydroxylation is 1. The van der Waals surface area contributed by atoms with Gasteiger partial charge in [0.05, 0.1) is 18.0 Å². The van der Waals surface area contributed by atoms with Crippen molar-refractivity contribution in [3.63, 3.8) is 0 Å². The van der Waals surface area contributed by atoms with E-state index < -0.39 is 28.7 Å². The fourth-order valence-electron chi connectivity index (χ4n) is 1.51. The lowest BCUT2D eigenvalue weighted by Gasteiger charge is -2.08. The van der Waals surface area contributed by atoms with E-state index in [1.807, 2.05) is 0 Å². The van der Waals surface area contributed by atoms with Crippen molar-refractivity contribution in [1.82, 2.24) is 4.98 Å². The van der Waals surface area contributed by atoms with Crippen LogP contribution in [0.3, 0.4) is 0 Å². The number of alkyl halides is 2. The highest BCUT2D eigenvalue weighted by atomic mass is 19.3. The molecule has 19 heavy (non-hydrogen) atoms. The first kappa shape index (κ1) is 14.9. The lowest BCUT2D eigenvalue weighted by molar-refractivity contribution is -0.386. The lowest BCUT2D eigenvalue weighted by atomic mass is 10.1. The van der Waals surface area contributed by atoms with E-state index in [1.165, 1.54) is 6.92 Å². The van der Waals surface area contributed by atoms with E-state index >= 15 is 0 Å². The highest BCUT2D eigenvalue weighted by molar-refractivity contribution is 5.73. The quantitative estimate of drug-likeness (QED) is 0.467. The van der Waals surface area contributed by atoms with Gasteiger partial charge in [0.25, 0.3) is 12.1 Å². The first-order chi connectivity index (χ1) is 8.86. The van der Waals surface area contributed by atoms with Crippen LogP contribution in [0.25, 0.3) is 0 Å². The molecular formula is C11H12F2N2O4. The molecule has 8 heteroatoms. The maximum Gasteiger partial charge on any atom is 0.310 e. The molecule has 0 spiro atoms. The second-order valence-corrected chi connectivity index (χ2v) is 3.68. The smallest absolute Gasteiger partial charge is 0.310 e. The van der Waals surface area contributed by atoms with Gasteiger partial charge in [-0.15, -0.1) is 0 Å². The number of nitrogens with zero attached hydrogens (tertiary/aromatic N) is 2. The molecule has 0 unspecified atom stereocenters. The molecule has 0 aliphatic heterocycles. The zero-order valence-corrected chi connectivity index (χ0v) is 10.4. The Kier molecular flexibility index (Phi) is 4.85. The van der Waals surface area contributed by atoms with Crippen LogP contribution in [0.15, 0.2) is 6.07 Å². The summed E-state index contributed by atoms with van der Waals surface area (Å²) in [4.78, 5) is 24.6. The monoisotopic (exact) mass is 274 g/mol. The molecule has 0 aromatic carbocycles. The van der Waals surface area contributed by atoms with Gasteiger partial charge in [0.1, 0.15) is 0 Å². The summed E-state index contributed by atoms with van der Waals surface area (Å²) in [5, 5.41) is 10.7. The summed E-state index contributed by atoms with van der Waals surface area (Å²) in [6.07, 6.45) is -3.28. The van der Waals surface area contributed by atoms with E-state index in [-0.39, 0.29) is 24.3 Å². The molecule has 0 bridgehead atoms. The Morgan fingerprint density at radius 2 is 2.21 bits per heavy atom. The minimum Gasteiger partial charge on any atom is -0.466 e. The average molecular weight is 274 g/mol. The zero-order valence-electron chi connectivity index (χ0n) is 10.4. The number of esters is 1. The summed E-state index contributed by atoms with van der Waals surface area (Å²) in [6.45, 7) is 3.19. The van der Waals surface area contributed by atoms with Gasteiger partial charge in [-0.1, -0.05) is 0 Å². The molecule has 0 amide bonds. The Hall–Kier alpha value is -2.12. The molecule has 104 valence electrons. The Balaban J connectivity index is 3.17. The highest BCUT2D eigenvalue weighted by Crippen LogP contribution is 2.29. The molecule has 0 aliphatic rings. The second kappa shape index (κ2) is 6.17. The molecular weight excluding hydrogens is 262 g/mol. The molecule has 0 N–H and O–H groups in total. The van der Waals surface area contributed by atoms with Crippen molar-refractivity contribution in [3.05, 3.63) is 33.1 Å². The average Bonchev–Trinajstić information content (AvgIpc) is 2.31. The number of ether oxygens (including phenoxy) is 1. The molecule has 0 saturated carbocycles. The summed E-state index contributed by atoms with van der Waals surface area (Å²) < 4.78 is 29.9. The third-order valence-electron chi connectivity index (χ3n) is 2.37. The molecule has 0 radical (unpaired) electrons.